The van der Waals surface area contributed by atoms with Crippen molar-refractivity contribution in [1.29, 1.82) is 0 Å². The van der Waals surface area contributed by atoms with Crippen LogP contribution in [0.1, 0.15) is 24.6 Å². The van der Waals surface area contributed by atoms with Gasteiger partial charge in [0.2, 0.25) is 0 Å². The van der Waals surface area contributed by atoms with Gasteiger partial charge in [0.1, 0.15) is 10.8 Å². The van der Waals surface area contributed by atoms with E-state index in [9.17, 15) is 0 Å². The number of aromatic nitrogens is 4. The van der Waals surface area contributed by atoms with Crippen molar-refractivity contribution in [3.8, 4) is 11.5 Å². The van der Waals surface area contributed by atoms with E-state index in [0.717, 1.165) is 42.8 Å². The van der Waals surface area contributed by atoms with E-state index in [1.165, 1.54) is 0 Å². The van der Waals surface area contributed by atoms with Crippen molar-refractivity contribution < 1.29 is 0 Å². The summed E-state index contributed by atoms with van der Waals surface area (Å²) in [5.41, 5.74) is 3.16. The Morgan fingerprint density at radius 3 is 3.06 bits per heavy atom. The summed E-state index contributed by atoms with van der Waals surface area (Å²) in [6.07, 6.45) is 6.71. The van der Waals surface area contributed by atoms with Gasteiger partial charge in [-0.3, -0.25) is 0 Å². The highest BCUT2D eigenvalue weighted by molar-refractivity contribution is 6.30. The molecule has 0 atom stereocenters. The van der Waals surface area contributed by atoms with Crippen molar-refractivity contribution in [2.75, 3.05) is 0 Å². The lowest BCUT2D eigenvalue weighted by Gasteiger charge is -2.07. The largest absolute Gasteiger partial charge is 0.328 e. The van der Waals surface area contributed by atoms with Crippen LogP contribution in [0.15, 0.2) is 12.5 Å². The van der Waals surface area contributed by atoms with Gasteiger partial charge in [0.05, 0.1) is 12.5 Å². The van der Waals surface area contributed by atoms with Crippen LogP contribution in [-0.2, 0) is 19.4 Å². The average molecular weight is 249 g/mol. The molecule has 0 amide bonds. The summed E-state index contributed by atoms with van der Waals surface area (Å²) in [6.45, 7) is 2.92. The molecule has 0 spiro atoms. The lowest BCUT2D eigenvalue weighted by Crippen LogP contribution is -2.02. The Bertz CT molecular complexity index is 562. The number of imidazole rings is 1. The van der Waals surface area contributed by atoms with Crippen molar-refractivity contribution in [2.24, 2.45) is 0 Å². The summed E-state index contributed by atoms with van der Waals surface area (Å²) in [4.78, 5) is 13.1. The molecule has 0 aromatic carbocycles. The maximum atomic E-state index is 6.21. The van der Waals surface area contributed by atoms with Crippen molar-refractivity contribution in [2.45, 2.75) is 32.7 Å². The molecular formula is C12H13ClN4. The maximum Gasteiger partial charge on any atom is 0.179 e. The number of rotatable bonds is 2. The second-order valence-electron chi connectivity index (χ2n) is 4.18. The van der Waals surface area contributed by atoms with Crippen LogP contribution in [0.2, 0.25) is 5.15 Å². The molecule has 2 heterocycles. The van der Waals surface area contributed by atoms with Crippen LogP contribution < -0.4 is 0 Å². The van der Waals surface area contributed by atoms with Crippen LogP contribution in [0, 0.1) is 0 Å². The van der Waals surface area contributed by atoms with Crippen LogP contribution in [0.4, 0.5) is 0 Å². The molecule has 88 valence electrons. The normalized spacial score (nSPS) is 14.0. The third-order valence-electron chi connectivity index (χ3n) is 3.16. The van der Waals surface area contributed by atoms with Gasteiger partial charge in [0, 0.05) is 17.8 Å². The molecule has 1 aliphatic rings. The molecule has 0 aliphatic heterocycles. The molecule has 0 unspecified atom stereocenters. The van der Waals surface area contributed by atoms with Crippen molar-refractivity contribution in [3.05, 3.63) is 28.9 Å². The molecule has 0 saturated carbocycles. The minimum Gasteiger partial charge on any atom is -0.328 e. The van der Waals surface area contributed by atoms with Gasteiger partial charge < -0.3 is 4.57 Å². The van der Waals surface area contributed by atoms with Crippen LogP contribution in [0.3, 0.4) is 0 Å². The third kappa shape index (κ3) is 1.72. The molecule has 5 heteroatoms. The van der Waals surface area contributed by atoms with Crippen LogP contribution in [0.25, 0.3) is 11.5 Å². The molecule has 0 N–H and O–H groups in total. The zero-order valence-corrected chi connectivity index (χ0v) is 10.4. The first kappa shape index (κ1) is 10.7. The molecule has 0 fully saturated rings. The van der Waals surface area contributed by atoms with Crippen LogP contribution >= 0.6 is 11.6 Å². The van der Waals surface area contributed by atoms with Crippen molar-refractivity contribution in [1.82, 2.24) is 19.5 Å². The fraction of sp³-hybridized carbons (Fsp3) is 0.417. The second kappa shape index (κ2) is 4.11. The van der Waals surface area contributed by atoms with E-state index >= 15 is 0 Å². The second-order valence-corrected chi connectivity index (χ2v) is 4.54. The van der Waals surface area contributed by atoms with Crippen molar-refractivity contribution in [3.63, 3.8) is 0 Å². The maximum absolute atomic E-state index is 6.21. The van der Waals surface area contributed by atoms with Crippen LogP contribution in [0.5, 0.6) is 0 Å². The number of fused-ring (bicyclic) bond motifs is 1. The van der Waals surface area contributed by atoms with Gasteiger partial charge in [-0.15, -0.1) is 0 Å². The predicted octanol–water partition coefficient (Wildman–Crippen LogP) is 2.50. The molecule has 1 aliphatic carbocycles. The molecule has 3 rings (SSSR count). The molecule has 2 aromatic heterocycles. The predicted molar refractivity (Wildman–Crippen MR) is 66.0 cm³/mol. The summed E-state index contributed by atoms with van der Waals surface area (Å²) in [5.74, 6) is 0.690. The SMILES string of the molecule is CCn1cncc1-c1nc(Cl)c2c(n1)CCC2. The van der Waals surface area contributed by atoms with Crippen molar-refractivity contribution >= 4 is 11.6 Å². The Kier molecular flexibility index (Phi) is 2.59. The Morgan fingerprint density at radius 1 is 1.35 bits per heavy atom. The quantitative estimate of drug-likeness (QED) is 0.767. The van der Waals surface area contributed by atoms with Gasteiger partial charge in [-0.1, -0.05) is 11.6 Å². The fourth-order valence-electron chi connectivity index (χ4n) is 2.26. The highest BCUT2D eigenvalue weighted by Gasteiger charge is 2.19. The lowest BCUT2D eigenvalue weighted by atomic mass is 10.2. The lowest BCUT2D eigenvalue weighted by molar-refractivity contribution is 0.762. The zero-order chi connectivity index (χ0) is 11.8. The highest BCUT2D eigenvalue weighted by Crippen LogP contribution is 2.28. The Morgan fingerprint density at radius 2 is 2.24 bits per heavy atom. The minimum atomic E-state index is 0.603. The van der Waals surface area contributed by atoms with E-state index < -0.39 is 0 Å². The van der Waals surface area contributed by atoms with Crippen LogP contribution in [-0.4, -0.2) is 19.5 Å². The zero-order valence-electron chi connectivity index (χ0n) is 9.65. The Labute approximate surface area is 105 Å². The van der Waals surface area contributed by atoms with Gasteiger partial charge in [-0.05, 0) is 26.2 Å². The standard InChI is InChI=1S/C12H13ClN4/c1-2-17-7-14-6-10(17)12-15-9-5-3-4-8(9)11(13)16-12/h6-7H,2-5H2,1H3. The van der Waals surface area contributed by atoms with Gasteiger partial charge in [0.25, 0.3) is 0 Å². The molecule has 4 nitrogen and oxygen atoms in total. The number of halogens is 1. The number of aryl methyl sites for hydroxylation is 2. The van der Waals surface area contributed by atoms with E-state index in [1.54, 1.807) is 12.5 Å². The summed E-state index contributed by atoms with van der Waals surface area (Å²) in [7, 11) is 0. The molecule has 0 saturated heterocycles. The van der Waals surface area contributed by atoms with E-state index in [1.807, 2.05) is 4.57 Å². The molecule has 0 bridgehead atoms. The summed E-state index contributed by atoms with van der Waals surface area (Å²) >= 11 is 6.21. The minimum absolute atomic E-state index is 0.603. The van der Waals surface area contributed by atoms with Gasteiger partial charge >= 0.3 is 0 Å². The summed E-state index contributed by atoms with van der Waals surface area (Å²) in [6, 6.07) is 0. The van der Waals surface area contributed by atoms with Gasteiger partial charge in [-0.25, -0.2) is 15.0 Å². The number of nitrogens with zero attached hydrogens (tertiary/aromatic N) is 4. The molecule has 17 heavy (non-hydrogen) atoms. The van der Waals surface area contributed by atoms with Gasteiger partial charge in [0.15, 0.2) is 5.82 Å². The third-order valence-corrected chi connectivity index (χ3v) is 3.48. The summed E-state index contributed by atoms with van der Waals surface area (Å²) < 4.78 is 2.02. The number of hydrogen-bond acceptors (Lipinski definition) is 3. The van der Waals surface area contributed by atoms with E-state index in [4.69, 9.17) is 11.6 Å². The first-order valence-electron chi connectivity index (χ1n) is 5.85. The first-order chi connectivity index (χ1) is 8.29. The highest BCUT2D eigenvalue weighted by atomic mass is 35.5. The molecular weight excluding hydrogens is 236 g/mol. The molecule has 0 radical (unpaired) electrons. The first-order valence-corrected chi connectivity index (χ1v) is 6.23. The van der Waals surface area contributed by atoms with E-state index in [-0.39, 0.29) is 0 Å². The average Bonchev–Trinajstić information content (AvgIpc) is 2.96. The van der Waals surface area contributed by atoms with Gasteiger partial charge in [-0.2, -0.15) is 0 Å². The Hall–Kier alpha value is -1.42. The fourth-order valence-corrected chi connectivity index (χ4v) is 2.54. The van der Waals surface area contributed by atoms with E-state index in [2.05, 4.69) is 21.9 Å². The Balaban J connectivity index is 2.13. The smallest absolute Gasteiger partial charge is 0.179 e. The topological polar surface area (TPSA) is 43.6 Å². The van der Waals surface area contributed by atoms with E-state index in [0.29, 0.717) is 11.0 Å². The number of hydrogen-bond donors (Lipinski definition) is 0. The molecule has 2 aromatic rings. The summed E-state index contributed by atoms with van der Waals surface area (Å²) in [5, 5.41) is 0.603. The monoisotopic (exact) mass is 248 g/mol.